The van der Waals surface area contributed by atoms with Crippen LogP contribution in [-0.2, 0) is 4.57 Å². The number of hydrogen-bond donors (Lipinski definition) is 2. The fourth-order valence-electron chi connectivity index (χ4n) is 0.907. The number of rotatable bonds is 1. The zero-order chi connectivity index (χ0) is 9.35. The predicted molar refractivity (Wildman–Crippen MR) is 47.6 cm³/mol. The highest BCUT2D eigenvalue weighted by atomic mass is 31.2. The SMILES string of the molecule is Cc1ccc(P(=O)(O)O)cc1C. The Labute approximate surface area is 71.2 Å². The molecule has 0 bridgehead atoms. The lowest BCUT2D eigenvalue weighted by molar-refractivity contribution is 0.387. The van der Waals surface area contributed by atoms with Crippen LogP contribution in [0.5, 0.6) is 0 Å². The van der Waals surface area contributed by atoms with Gasteiger partial charge in [0.1, 0.15) is 0 Å². The number of benzene rings is 1. The van der Waals surface area contributed by atoms with E-state index in [0.29, 0.717) is 0 Å². The van der Waals surface area contributed by atoms with Crippen molar-refractivity contribution >= 4 is 12.9 Å². The first kappa shape index (κ1) is 9.46. The van der Waals surface area contributed by atoms with Crippen molar-refractivity contribution in [1.29, 1.82) is 0 Å². The Morgan fingerprint density at radius 1 is 1.17 bits per heavy atom. The van der Waals surface area contributed by atoms with Crippen LogP contribution in [0.25, 0.3) is 0 Å². The summed E-state index contributed by atoms with van der Waals surface area (Å²) in [5, 5.41) is 0.0885. The van der Waals surface area contributed by atoms with Gasteiger partial charge in [0, 0.05) is 0 Å². The Balaban J connectivity index is 3.23. The van der Waals surface area contributed by atoms with Crippen molar-refractivity contribution in [3.05, 3.63) is 29.3 Å². The average molecular weight is 186 g/mol. The van der Waals surface area contributed by atoms with E-state index in [1.54, 1.807) is 6.07 Å². The summed E-state index contributed by atoms with van der Waals surface area (Å²) in [6.07, 6.45) is 0. The fraction of sp³-hybridized carbons (Fsp3) is 0.250. The number of aryl methyl sites for hydroxylation is 2. The molecule has 0 unspecified atom stereocenters. The maximum Gasteiger partial charge on any atom is 0.356 e. The summed E-state index contributed by atoms with van der Waals surface area (Å²) in [7, 11) is -4.06. The minimum Gasteiger partial charge on any atom is -0.321 e. The van der Waals surface area contributed by atoms with Gasteiger partial charge in [0.25, 0.3) is 0 Å². The zero-order valence-corrected chi connectivity index (χ0v) is 7.88. The van der Waals surface area contributed by atoms with Crippen LogP contribution in [0.4, 0.5) is 0 Å². The molecule has 0 saturated carbocycles. The highest BCUT2D eigenvalue weighted by molar-refractivity contribution is 7.60. The number of hydrogen-bond acceptors (Lipinski definition) is 1. The van der Waals surface area contributed by atoms with Gasteiger partial charge in [0.15, 0.2) is 0 Å². The van der Waals surface area contributed by atoms with E-state index in [-0.39, 0.29) is 5.30 Å². The first-order chi connectivity index (χ1) is 5.41. The third-order valence-electron chi connectivity index (χ3n) is 1.83. The molecule has 0 atom stereocenters. The van der Waals surface area contributed by atoms with Crippen molar-refractivity contribution in [2.75, 3.05) is 0 Å². The molecule has 0 aliphatic heterocycles. The molecule has 0 heterocycles. The summed E-state index contributed by atoms with van der Waals surface area (Å²) in [6.45, 7) is 3.73. The van der Waals surface area contributed by atoms with Gasteiger partial charge < -0.3 is 9.79 Å². The molecule has 0 radical (unpaired) electrons. The van der Waals surface area contributed by atoms with Crippen LogP contribution in [0.15, 0.2) is 18.2 Å². The van der Waals surface area contributed by atoms with E-state index >= 15 is 0 Å². The topological polar surface area (TPSA) is 57.5 Å². The Morgan fingerprint density at radius 2 is 1.75 bits per heavy atom. The standard InChI is InChI=1S/C8H11O3P/c1-6-3-4-8(5-7(6)2)12(9,10)11/h3-5H,1-2H3,(H2,9,10,11). The molecule has 0 aliphatic rings. The predicted octanol–water partition coefficient (Wildman–Crippen LogP) is 1.11. The van der Waals surface area contributed by atoms with Crippen LogP contribution in [-0.4, -0.2) is 9.79 Å². The molecule has 4 heteroatoms. The normalized spacial score (nSPS) is 11.7. The van der Waals surface area contributed by atoms with Gasteiger partial charge in [-0.25, -0.2) is 0 Å². The van der Waals surface area contributed by atoms with Gasteiger partial charge in [0.2, 0.25) is 0 Å². The third kappa shape index (κ3) is 1.95. The van der Waals surface area contributed by atoms with Crippen molar-refractivity contribution in [1.82, 2.24) is 0 Å². The van der Waals surface area contributed by atoms with E-state index in [1.165, 1.54) is 12.1 Å². The highest BCUT2D eigenvalue weighted by Crippen LogP contribution is 2.33. The van der Waals surface area contributed by atoms with Crippen molar-refractivity contribution in [2.24, 2.45) is 0 Å². The molecule has 0 aromatic heterocycles. The molecule has 3 nitrogen and oxygen atoms in total. The van der Waals surface area contributed by atoms with Gasteiger partial charge in [-0.1, -0.05) is 6.07 Å². The van der Waals surface area contributed by atoms with E-state index in [9.17, 15) is 4.57 Å². The van der Waals surface area contributed by atoms with Crippen LogP contribution < -0.4 is 5.30 Å². The molecule has 0 amide bonds. The lowest BCUT2D eigenvalue weighted by Gasteiger charge is -2.05. The van der Waals surface area contributed by atoms with Crippen molar-refractivity contribution in [3.63, 3.8) is 0 Å². The third-order valence-corrected chi connectivity index (χ3v) is 2.78. The highest BCUT2D eigenvalue weighted by Gasteiger charge is 2.16. The van der Waals surface area contributed by atoms with Gasteiger partial charge in [0.05, 0.1) is 5.30 Å². The smallest absolute Gasteiger partial charge is 0.321 e. The lowest BCUT2D eigenvalue weighted by atomic mass is 10.1. The van der Waals surface area contributed by atoms with Gasteiger partial charge in [-0.3, -0.25) is 4.57 Å². The van der Waals surface area contributed by atoms with Crippen LogP contribution in [0.3, 0.4) is 0 Å². The second-order valence-corrected chi connectivity index (χ2v) is 4.42. The maximum atomic E-state index is 10.8. The van der Waals surface area contributed by atoms with Crippen molar-refractivity contribution in [2.45, 2.75) is 13.8 Å². The molecule has 1 aromatic rings. The molecule has 66 valence electrons. The fourth-order valence-corrected chi connectivity index (χ4v) is 1.54. The Kier molecular flexibility index (Phi) is 2.38. The second-order valence-electron chi connectivity index (χ2n) is 2.81. The molecule has 2 N–H and O–H groups in total. The summed E-state index contributed by atoms with van der Waals surface area (Å²) in [6, 6.07) is 4.70. The van der Waals surface area contributed by atoms with E-state index in [2.05, 4.69) is 0 Å². The van der Waals surface area contributed by atoms with Crippen LogP contribution in [0, 0.1) is 13.8 Å². The largest absolute Gasteiger partial charge is 0.356 e. The first-order valence-electron chi connectivity index (χ1n) is 3.54. The van der Waals surface area contributed by atoms with Crippen LogP contribution >= 0.6 is 7.60 Å². The van der Waals surface area contributed by atoms with Crippen LogP contribution in [0.2, 0.25) is 0 Å². The zero-order valence-electron chi connectivity index (χ0n) is 6.98. The summed E-state index contributed by atoms with van der Waals surface area (Å²) >= 11 is 0. The van der Waals surface area contributed by atoms with E-state index in [1.807, 2.05) is 13.8 Å². The van der Waals surface area contributed by atoms with E-state index < -0.39 is 7.60 Å². The quantitative estimate of drug-likeness (QED) is 0.646. The van der Waals surface area contributed by atoms with Gasteiger partial charge >= 0.3 is 7.60 Å². The minimum absolute atomic E-state index is 0.0885. The molecule has 0 fully saturated rings. The molecule has 1 rings (SSSR count). The van der Waals surface area contributed by atoms with Gasteiger partial charge in [-0.2, -0.15) is 0 Å². The maximum absolute atomic E-state index is 10.8. The molecule has 12 heavy (non-hydrogen) atoms. The second kappa shape index (κ2) is 3.02. The first-order valence-corrected chi connectivity index (χ1v) is 5.16. The summed E-state index contributed by atoms with van der Waals surface area (Å²) in [5.41, 5.74) is 1.93. The van der Waals surface area contributed by atoms with Gasteiger partial charge in [-0.05, 0) is 37.1 Å². The summed E-state index contributed by atoms with van der Waals surface area (Å²) in [4.78, 5) is 17.6. The molecule has 1 aromatic carbocycles. The summed E-state index contributed by atoms with van der Waals surface area (Å²) in [5.74, 6) is 0. The summed E-state index contributed by atoms with van der Waals surface area (Å²) < 4.78 is 10.8. The molecule has 0 spiro atoms. The van der Waals surface area contributed by atoms with Crippen molar-refractivity contribution in [3.8, 4) is 0 Å². The van der Waals surface area contributed by atoms with E-state index in [0.717, 1.165) is 11.1 Å². The molecular formula is C8H11O3P. The lowest BCUT2D eigenvalue weighted by Crippen LogP contribution is -2.04. The molecule has 0 saturated heterocycles. The van der Waals surface area contributed by atoms with Gasteiger partial charge in [-0.15, -0.1) is 0 Å². The van der Waals surface area contributed by atoms with E-state index in [4.69, 9.17) is 9.79 Å². The van der Waals surface area contributed by atoms with Crippen molar-refractivity contribution < 1.29 is 14.4 Å². The Bertz CT molecular complexity index is 340. The minimum atomic E-state index is -4.06. The molecular weight excluding hydrogens is 175 g/mol. The van der Waals surface area contributed by atoms with Crippen LogP contribution in [0.1, 0.15) is 11.1 Å². The molecule has 0 aliphatic carbocycles. The average Bonchev–Trinajstić information content (AvgIpc) is 1.92. The Morgan fingerprint density at radius 3 is 2.17 bits per heavy atom. The Hall–Kier alpha value is -0.630. The monoisotopic (exact) mass is 186 g/mol.